The molecule has 6 heteroatoms. The maximum atomic E-state index is 11.4. The summed E-state index contributed by atoms with van der Waals surface area (Å²) in [5.41, 5.74) is 0. The Morgan fingerprint density at radius 2 is 2.21 bits per heavy atom. The van der Waals surface area contributed by atoms with E-state index in [0.29, 0.717) is 13.2 Å². The van der Waals surface area contributed by atoms with Crippen LogP contribution >= 0.6 is 15.9 Å². The number of hydrogen-bond acceptors (Lipinski definition) is 3. The smallest absolute Gasteiger partial charge is 0.214 e. The highest BCUT2D eigenvalue weighted by molar-refractivity contribution is 9.09. The van der Waals surface area contributed by atoms with E-state index in [-0.39, 0.29) is 10.1 Å². The fourth-order valence-corrected chi connectivity index (χ4v) is 3.01. The Kier molecular flexibility index (Phi) is 4.82. The molecule has 0 saturated heterocycles. The number of nitrogens with one attached hydrogen (secondary N) is 1. The van der Waals surface area contributed by atoms with Crippen molar-refractivity contribution in [3.8, 4) is 0 Å². The standard InChI is InChI=1S/C8H16BrNO3S/c1-13-6-7(9)4-5-10-14(11,12)8-2-3-8/h7-8,10H,2-6H2,1H3. The minimum atomic E-state index is -3.01. The lowest BCUT2D eigenvalue weighted by Gasteiger charge is -2.09. The second kappa shape index (κ2) is 5.44. The van der Waals surface area contributed by atoms with Crippen LogP contribution in [0.2, 0.25) is 0 Å². The predicted octanol–water partition coefficient (Wildman–Crippen LogP) is 0.868. The summed E-state index contributed by atoms with van der Waals surface area (Å²) in [5, 5.41) is -0.126. The minimum Gasteiger partial charge on any atom is -0.384 e. The van der Waals surface area contributed by atoms with Gasteiger partial charge in [-0.05, 0) is 19.3 Å². The molecule has 1 atom stereocenters. The van der Waals surface area contributed by atoms with Gasteiger partial charge in [-0.15, -0.1) is 0 Å². The number of alkyl halides is 1. The number of methoxy groups -OCH3 is 1. The first-order valence-corrected chi connectivity index (χ1v) is 7.14. The Morgan fingerprint density at radius 3 is 2.71 bits per heavy atom. The van der Waals surface area contributed by atoms with E-state index in [9.17, 15) is 8.42 Å². The number of halogens is 1. The second-order valence-corrected chi connectivity index (χ2v) is 6.82. The first kappa shape index (κ1) is 12.4. The van der Waals surface area contributed by atoms with Crippen molar-refractivity contribution in [2.75, 3.05) is 20.3 Å². The third-order valence-corrected chi connectivity index (χ3v) is 4.75. The molecule has 1 saturated carbocycles. The van der Waals surface area contributed by atoms with Crippen molar-refractivity contribution in [1.82, 2.24) is 4.72 Å². The largest absolute Gasteiger partial charge is 0.384 e. The third-order valence-electron chi connectivity index (χ3n) is 2.07. The molecule has 0 radical (unpaired) electrons. The second-order valence-electron chi connectivity index (χ2n) is 3.48. The number of hydrogen-bond donors (Lipinski definition) is 1. The maximum absolute atomic E-state index is 11.4. The first-order chi connectivity index (χ1) is 6.56. The van der Waals surface area contributed by atoms with Crippen LogP contribution in [0.5, 0.6) is 0 Å². The van der Waals surface area contributed by atoms with Crippen molar-refractivity contribution < 1.29 is 13.2 Å². The summed E-state index contributed by atoms with van der Waals surface area (Å²) in [6.07, 6.45) is 2.37. The van der Waals surface area contributed by atoms with Crippen LogP contribution in [-0.2, 0) is 14.8 Å². The SMILES string of the molecule is COCC(Br)CCNS(=O)(=O)C1CC1. The Labute approximate surface area is 93.6 Å². The van der Waals surface area contributed by atoms with Crippen LogP contribution in [-0.4, -0.2) is 38.8 Å². The lowest BCUT2D eigenvalue weighted by atomic mass is 10.3. The average molecular weight is 286 g/mol. The quantitative estimate of drug-likeness (QED) is 0.706. The van der Waals surface area contributed by atoms with Gasteiger partial charge in [0.25, 0.3) is 0 Å². The van der Waals surface area contributed by atoms with Crippen LogP contribution in [0, 0.1) is 0 Å². The van der Waals surface area contributed by atoms with Crippen LogP contribution in [0.25, 0.3) is 0 Å². The van der Waals surface area contributed by atoms with Gasteiger partial charge in [-0.1, -0.05) is 15.9 Å². The lowest BCUT2D eigenvalue weighted by Crippen LogP contribution is -2.29. The van der Waals surface area contributed by atoms with E-state index >= 15 is 0 Å². The fraction of sp³-hybridized carbons (Fsp3) is 1.00. The van der Waals surface area contributed by atoms with Crippen molar-refractivity contribution >= 4 is 26.0 Å². The molecule has 0 bridgehead atoms. The zero-order valence-corrected chi connectivity index (χ0v) is 10.6. The zero-order valence-electron chi connectivity index (χ0n) is 8.20. The molecule has 84 valence electrons. The molecule has 1 aliphatic carbocycles. The molecule has 0 heterocycles. The number of ether oxygens (including phenoxy) is 1. The van der Waals surface area contributed by atoms with Crippen molar-refractivity contribution in [2.24, 2.45) is 0 Å². The molecule has 0 aliphatic heterocycles. The molecule has 0 aromatic heterocycles. The van der Waals surface area contributed by atoms with E-state index in [2.05, 4.69) is 20.7 Å². The van der Waals surface area contributed by atoms with Crippen LogP contribution in [0.15, 0.2) is 0 Å². The van der Waals surface area contributed by atoms with Crippen LogP contribution in [0.1, 0.15) is 19.3 Å². The van der Waals surface area contributed by atoms with Gasteiger partial charge < -0.3 is 4.74 Å². The van der Waals surface area contributed by atoms with Gasteiger partial charge in [0.1, 0.15) is 0 Å². The summed E-state index contributed by atoms with van der Waals surface area (Å²) in [6.45, 7) is 1.09. The van der Waals surface area contributed by atoms with Gasteiger partial charge in [0.2, 0.25) is 10.0 Å². The highest BCUT2D eigenvalue weighted by Gasteiger charge is 2.35. The molecule has 0 amide bonds. The van der Waals surface area contributed by atoms with Gasteiger partial charge in [-0.2, -0.15) is 0 Å². The highest BCUT2D eigenvalue weighted by Crippen LogP contribution is 2.27. The Morgan fingerprint density at radius 1 is 1.57 bits per heavy atom. The van der Waals surface area contributed by atoms with Crippen LogP contribution in [0.3, 0.4) is 0 Å². The third kappa shape index (κ3) is 4.25. The van der Waals surface area contributed by atoms with Crippen molar-refractivity contribution in [3.05, 3.63) is 0 Å². The zero-order chi connectivity index (χ0) is 10.6. The van der Waals surface area contributed by atoms with Crippen LogP contribution in [0.4, 0.5) is 0 Å². The maximum Gasteiger partial charge on any atom is 0.214 e. The topological polar surface area (TPSA) is 55.4 Å². The molecule has 0 aromatic rings. The predicted molar refractivity (Wildman–Crippen MR) is 59.2 cm³/mol. The van der Waals surface area contributed by atoms with Crippen molar-refractivity contribution in [1.29, 1.82) is 0 Å². The van der Waals surface area contributed by atoms with Gasteiger partial charge in [0.05, 0.1) is 11.9 Å². The molecule has 1 N–H and O–H groups in total. The summed E-state index contributed by atoms with van der Waals surface area (Å²) >= 11 is 3.40. The summed E-state index contributed by atoms with van der Waals surface area (Å²) < 4.78 is 30.3. The molecule has 1 unspecified atom stereocenters. The lowest BCUT2D eigenvalue weighted by molar-refractivity contribution is 0.199. The molecule has 14 heavy (non-hydrogen) atoms. The highest BCUT2D eigenvalue weighted by atomic mass is 79.9. The van der Waals surface area contributed by atoms with E-state index < -0.39 is 10.0 Å². The summed E-state index contributed by atoms with van der Waals surface area (Å²) in [4.78, 5) is 0.217. The van der Waals surface area contributed by atoms with Gasteiger partial charge in [-0.3, -0.25) is 0 Å². The normalized spacial score (nSPS) is 19.6. The van der Waals surface area contributed by atoms with Gasteiger partial charge in [0.15, 0.2) is 0 Å². The van der Waals surface area contributed by atoms with Crippen molar-refractivity contribution in [2.45, 2.75) is 29.3 Å². The van der Waals surface area contributed by atoms with Crippen molar-refractivity contribution in [3.63, 3.8) is 0 Å². The molecular weight excluding hydrogens is 270 g/mol. The Balaban J connectivity index is 2.14. The first-order valence-electron chi connectivity index (χ1n) is 4.67. The fourth-order valence-electron chi connectivity index (χ4n) is 1.12. The molecule has 1 fully saturated rings. The van der Waals surface area contributed by atoms with E-state index in [0.717, 1.165) is 19.3 Å². The number of rotatable bonds is 7. The Hall–Kier alpha value is 0.350. The van der Waals surface area contributed by atoms with Crippen LogP contribution < -0.4 is 4.72 Å². The Bertz CT molecular complexity index is 264. The molecule has 1 rings (SSSR count). The van der Waals surface area contributed by atoms with Gasteiger partial charge in [-0.25, -0.2) is 13.1 Å². The summed E-state index contributed by atoms with van der Waals surface area (Å²) in [7, 11) is -1.38. The molecular formula is C8H16BrNO3S. The monoisotopic (exact) mass is 285 g/mol. The van der Waals surface area contributed by atoms with Gasteiger partial charge >= 0.3 is 0 Å². The molecule has 0 aromatic carbocycles. The molecule has 1 aliphatic rings. The molecule has 0 spiro atoms. The van der Waals surface area contributed by atoms with E-state index in [1.807, 2.05) is 0 Å². The van der Waals surface area contributed by atoms with E-state index in [1.165, 1.54) is 0 Å². The van der Waals surface area contributed by atoms with Gasteiger partial charge in [0, 0.05) is 18.5 Å². The van der Waals surface area contributed by atoms with E-state index in [4.69, 9.17) is 4.74 Å². The minimum absolute atomic E-state index is 0.126. The summed E-state index contributed by atoms with van der Waals surface area (Å²) in [6, 6.07) is 0. The van der Waals surface area contributed by atoms with E-state index in [1.54, 1.807) is 7.11 Å². The average Bonchev–Trinajstić information content (AvgIpc) is 2.86. The summed E-state index contributed by atoms with van der Waals surface area (Å²) in [5.74, 6) is 0. The molecule has 4 nitrogen and oxygen atoms in total. The number of sulfonamides is 1.